The number of halogens is 1. The topological polar surface area (TPSA) is 66.9 Å². The Morgan fingerprint density at radius 2 is 1.83 bits per heavy atom. The normalized spacial score (nSPS) is 10.8. The molecule has 0 bridgehead atoms. The minimum Gasteiger partial charge on any atom is -0.369 e. The van der Waals surface area contributed by atoms with E-state index in [2.05, 4.69) is 39.7 Å². The summed E-state index contributed by atoms with van der Waals surface area (Å²) in [7, 11) is 0. The predicted molar refractivity (Wildman–Crippen MR) is 116 cm³/mol. The first-order valence-corrected chi connectivity index (χ1v) is 10.0. The number of hydrogen-bond donors (Lipinski definition) is 2. The molecule has 0 aliphatic rings. The second kappa shape index (κ2) is 8.36. The van der Waals surface area contributed by atoms with E-state index in [-0.39, 0.29) is 18.1 Å². The van der Waals surface area contributed by atoms with Gasteiger partial charge in [-0.3, -0.25) is 4.79 Å². The molecule has 0 spiro atoms. The molecule has 5 nitrogen and oxygen atoms in total. The molecule has 0 aliphatic carbocycles. The van der Waals surface area contributed by atoms with Crippen LogP contribution >= 0.6 is 11.3 Å². The number of aromatic nitrogens is 2. The molecule has 2 N–H and O–H groups in total. The second-order valence-corrected chi connectivity index (χ2v) is 7.74. The molecule has 0 aliphatic heterocycles. The molecular weight excluding hydrogens is 387 g/mol. The van der Waals surface area contributed by atoms with Crippen LogP contribution in [-0.2, 0) is 4.79 Å². The Balaban J connectivity index is 1.50. The van der Waals surface area contributed by atoms with Crippen LogP contribution in [0.1, 0.15) is 11.3 Å². The number of thiophene rings is 1. The highest BCUT2D eigenvalue weighted by Crippen LogP contribution is 2.40. The van der Waals surface area contributed by atoms with Gasteiger partial charge in [0.05, 0.1) is 5.39 Å². The Hall–Kier alpha value is -3.32. The lowest BCUT2D eigenvalue weighted by Gasteiger charge is -2.09. The first-order chi connectivity index (χ1) is 14.1. The van der Waals surface area contributed by atoms with Gasteiger partial charge in [-0.25, -0.2) is 14.4 Å². The highest BCUT2D eigenvalue weighted by Gasteiger charge is 2.16. The van der Waals surface area contributed by atoms with E-state index in [9.17, 15) is 9.18 Å². The van der Waals surface area contributed by atoms with E-state index in [0.29, 0.717) is 18.1 Å². The van der Waals surface area contributed by atoms with Crippen molar-refractivity contribution in [1.29, 1.82) is 0 Å². The molecule has 1 amide bonds. The SMILES string of the molecule is Cc1sc2ncnc(NCCC(=O)Nc3ccc(F)cc3)c2c1-c1ccccc1. The van der Waals surface area contributed by atoms with E-state index >= 15 is 0 Å². The molecule has 4 rings (SSSR count). The van der Waals surface area contributed by atoms with E-state index in [1.54, 1.807) is 11.3 Å². The summed E-state index contributed by atoms with van der Waals surface area (Å²) in [5.74, 6) is 0.227. The van der Waals surface area contributed by atoms with Gasteiger partial charge < -0.3 is 10.6 Å². The number of carbonyl (C=O) groups is 1. The first kappa shape index (κ1) is 19.0. The summed E-state index contributed by atoms with van der Waals surface area (Å²) >= 11 is 1.63. The lowest BCUT2D eigenvalue weighted by molar-refractivity contribution is -0.115. The quantitative estimate of drug-likeness (QED) is 0.459. The van der Waals surface area contributed by atoms with Gasteiger partial charge in [0.15, 0.2) is 0 Å². The van der Waals surface area contributed by atoms with Crippen LogP contribution in [-0.4, -0.2) is 22.4 Å². The second-order valence-electron chi connectivity index (χ2n) is 6.53. The van der Waals surface area contributed by atoms with Crippen molar-refractivity contribution < 1.29 is 9.18 Å². The average Bonchev–Trinajstić information content (AvgIpc) is 3.07. The number of carbonyl (C=O) groups excluding carboxylic acids is 1. The van der Waals surface area contributed by atoms with E-state index in [1.165, 1.54) is 35.5 Å². The molecule has 0 saturated heterocycles. The van der Waals surface area contributed by atoms with Gasteiger partial charge in [-0.05, 0) is 36.8 Å². The zero-order chi connectivity index (χ0) is 20.2. The maximum absolute atomic E-state index is 13.0. The summed E-state index contributed by atoms with van der Waals surface area (Å²) in [5, 5.41) is 7.00. The van der Waals surface area contributed by atoms with Crippen molar-refractivity contribution in [2.75, 3.05) is 17.2 Å². The fraction of sp³-hybridized carbons (Fsp3) is 0.136. The average molecular weight is 406 g/mol. The molecule has 29 heavy (non-hydrogen) atoms. The van der Waals surface area contributed by atoms with Gasteiger partial charge in [0, 0.05) is 29.1 Å². The summed E-state index contributed by atoms with van der Waals surface area (Å²) in [5.41, 5.74) is 2.80. The van der Waals surface area contributed by atoms with Crippen LogP contribution in [0, 0.1) is 12.7 Å². The Morgan fingerprint density at radius 1 is 1.07 bits per heavy atom. The molecule has 2 aromatic carbocycles. The van der Waals surface area contributed by atoms with E-state index in [1.807, 2.05) is 18.2 Å². The van der Waals surface area contributed by atoms with E-state index < -0.39 is 0 Å². The van der Waals surface area contributed by atoms with Crippen LogP contribution < -0.4 is 10.6 Å². The molecule has 2 heterocycles. The molecule has 0 radical (unpaired) electrons. The third kappa shape index (κ3) is 4.25. The zero-order valence-corrected chi connectivity index (χ0v) is 16.6. The van der Waals surface area contributed by atoms with Gasteiger partial charge in [0.1, 0.15) is 22.8 Å². The zero-order valence-electron chi connectivity index (χ0n) is 15.8. The molecule has 2 aromatic heterocycles. The number of nitrogens with one attached hydrogen (secondary N) is 2. The Bertz CT molecular complexity index is 1140. The van der Waals surface area contributed by atoms with Gasteiger partial charge in [0.25, 0.3) is 0 Å². The number of amides is 1. The highest BCUT2D eigenvalue weighted by atomic mass is 32.1. The fourth-order valence-electron chi connectivity index (χ4n) is 3.18. The van der Waals surface area contributed by atoms with Gasteiger partial charge in [-0.1, -0.05) is 30.3 Å². The molecule has 4 aromatic rings. The lowest BCUT2D eigenvalue weighted by atomic mass is 10.0. The third-order valence-electron chi connectivity index (χ3n) is 4.50. The first-order valence-electron chi connectivity index (χ1n) is 9.20. The number of anilines is 2. The van der Waals surface area contributed by atoms with Crippen LogP contribution in [0.5, 0.6) is 0 Å². The minimum absolute atomic E-state index is 0.154. The summed E-state index contributed by atoms with van der Waals surface area (Å²) in [6.45, 7) is 2.50. The van der Waals surface area contributed by atoms with Crippen molar-refractivity contribution in [1.82, 2.24) is 9.97 Å². The number of fused-ring (bicyclic) bond motifs is 1. The van der Waals surface area contributed by atoms with Gasteiger partial charge in [0.2, 0.25) is 5.91 Å². The summed E-state index contributed by atoms with van der Waals surface area (Å²) in [6.07, 6.45) is 1.79. The summed E-state index contributed by atoms with van der Waals surface area (Å²) in [6, 6.07) is 15.9. The number of nitrogens with zero attached hydrogens (tertiary/aromatic N) is 2. The predicted octanol–water partition coefficient (Wildman–Crippen LogP) is 5.25. The maximum Gasteiger partial charge on any atom is 0.226 e. The molecule has 0 saturated carbocycles. The smallest absolute Gasteiger partial charge is 0.226 e. The third-order valence-corrected chi connectivity index (χ3v) is 5.51. The number of benzene rings is 2. The van der Waals surface area contributed by atoms with Gasteiger partial charge >= 0.3 is 0 Å². The van der Waals surface area contributed by atoms with Crippen molar-refractivity contribution >= 4 is 39.0 Å². The van der Waals surface area contributed by atoms with E-state index in [4.69, 9.17) is 0 Å². The standard InChI is InChI=1S/C22H19FN4OS/c1-14-19(15-5-3-2-4-6-15)20-21(25-13-26-22(20)29-14)24-12-11-18(28)27-17-9-7-16(23)8-10-17/h2-10,13H,11-12H2,1H3,(H,27,28)(H,24,25,26). The van der Waals surface area contributed by atoms with Crippen LogP contribution in [0.4, 0.5) is 15.9 Å². The fourth-order valence-corrected chi connectivity index (χ4v) is 4.19. The van der Waals surface area contributed by atoms with Crippen molar-refractivity contribution in [2.45, 2.75) is 13.3 Å². The summed E-state index contributed by atoms with van der Waals surface area (Å²) < 4.78 is 13.0. The number of hydrogen-bond acceptors (Lipinski definition) is 5. The van der Waals surface area contributed by atoms with Crippen LogP contribution in [0.25, 0.3) is 21.3 Å². The Kier molecular flexibility index (Phi) is 5.48. The largest absolute Gasteiger partial charge is 0.369 e. The van der Waals surface area contributed by atoms with Crippen LogP contribution in [0.3, 0.4) is 0 Å². The van der Waals surface area contributed by atoms with Crippen LogP contribution in [0.15, 0.2) is 60.9 Å². The lowest BCUT2D eigenvalue weighted by Crippen LogP contribution is -2.16. The highest BCUT2D eigenvalue weighted by molar-refractivity contribution is 7.19. The maximum atomic E-state index is 13.0. The van der Waals surface area contributed by atoms with Crippen molar-refractivity contribution in [3.63, 3.8) is 0 Å². The summed E-state index contributed by atoms with van der Waals surface area (Å²) in [4.78, 5) is 23.1. The molecule has 0 unspecified atom stereocenters. The minimum atomic E-state index is -0.335. The molecule has 7 heteroatoms. The molecule has 0 atom stereocenters. The molecule has 146 valence electrons. The van der Waals surface area contributed by atoms with Gasteiger partial charge in [-0.15, -0.1) is 11.3 Å². The van der Waals surface area contributed by atoms with Crippen molar-refractivity contribution in [3.8, 4) is 11.1 Å². The van der Waals surface area contributed by atoms with E-state index in [0.717, 1.165) is 21.3 Å². The van der Waals surface area contributed by atoms with Gasteiger partial charge in [-0.2, -0.15) is 0 Å². The number of aryl methyl sites for hydroxylation is 1. The Morgan fingerprint density at radius 3 is 2.59 bits per heavy atom. The monoisotopic (exact) mass is 406 g/mol. The molecule has 0 fully saturated rings. The van der Waals surface area contributed by atoms with Crippen molar-refractivity contribution in [3.05, 3.63) is 71.6 Å². The van der Waals surface area contributed by atoms with Crippen molar-refractivity contribution in [2.24, 2.45) is 0 Å². The van der Waals surface area contributed by atoms with Crippen LogP contribution in [0.2, 0.25) is 0 Å². The number of rotatable bonds is 6. The molecular formula is C22H19FN4OS. The Labute approximate surface area is 171 Å².